The van der Waals surface area contributed by atoms with Gasteiger partial charge in [-0.25, -0.2) is 0 Å². The van der Waals surface area contributed by atoms with E-state index in [1.165, 1.54) is 186 Å². The maximum Gasteiger partial charge on any atom is 0.306 e. The van der Waals surface area contributed by atoms with Gasteiger partial charge >= 0.3 is 17.9 Å². The van der Waals surface area contributed by atoms with Crippen LogP contribution in [0.1, 0.15) is 329 Å². The van der Waals surface area contributed by atoms with Crippen molar-refractivity contribution in [3.63, 3.8) is 0 Å². The van der Waals surface area contributed by atoms with E-state index in [0.29, 0.717) is 19.3 Å². The normalized spacial score (nSPS) is 12.7. The molecule has 1 unspecified atom stereocenters. The molecule has 0 aromatic rings. The van der Waals surface area contributed by atoms with E-state index in [9.17, 15) is 14.4 Å². The van der Waals surface area contributed by atoms with Crippen molar-refractivity contribution in [1.82, 2.24) is 0 Å². The van der Waals surface area contributed by atoms with Gasteiger partial charge in [-0.05, 0) is 122 Å². The van der Waals surface area contributed by atoms with Crippen LogP contribution >= 0.6 is 0 Å². The third-order valence-electron chi connectivity index (χ3n) is 14.5. The SMILES string of the molecule is CC/C=C\C/C=C\C/C=C\C/C=C\C/C=C\C/C=C\CCCCC(=O)OC(COC(=O)CCCCCCC/C=C\CCCCCCCC)COC(=O)CCCCCCCCCCCCCCC/C=C\CCCCCCCCCC. The molecule has 0 amide bonds. The van der Waals surface area contributed by atoms with Crippen LogP contribution in [0.25, 0.3) is 0 Å². The van der Waals surface area contributed by atoms with Gasteiger partial charge in [-0.1, -0.05) is 285 Å². The van der Waals surface area contributed by atoms with Gasteiger partial charge in [0.05, 0.1) is 0 Å². The standard InChI is InChI=1S/C73H126O6/c1-4-7-10-13-16-19-22-25-28-30-32-34-35-36-37-39-40-42-45-48-51-54-57-60-63-66-72(75)78-69-70(68-77-71(74)65-62-59-56-53-50-47-44-27-24-21-18-15-12-9-6-3)79-73(76)67-64-61-58-55-52-49-46-43-41-38-33-31-29-26-23-20-17-14-11-8-5-2/h8,11,17,20,26-27,29-30,32-33,38,43-44,46,52,55,70H,4-7,9-10,12-16,18-19,21-25,28,31,34-37,39-42,45,47-51,53-54,56-69H2,1-3H3/b11-8-,20-17-,29-26-,32-30-,38-33-,44-27-,46-43-,55-52-. The smallest absolute Gasteiger partial charge is 0.306 e. The van der Waals surface area contributed by atoms with Crippen LogP contribution in [0.3, 0.4) is 0 Å². The molecule has 0 radical (unpaired) electrons. The molecular weight excluding hydrogens is 973 g/mol. The fourth-order valence-corrected chi connectivity index (χ4v) is 9.50. The zero-order valence-corrected chi connectivity index (χ0v) is 52.1. The molecular formula is C73H126O6. The summed E-state index contributed by atoms with van der Waals surface area (Å²) in [6.07, 6.45) is 90.0. The number of unbranched alkanes of at least 4 members (excludes halogenated alkanes) is 34. The molecule has 6 heteroatoms. The van der Waals surface area contributed by atoms with Crippen molar-refractivity contribution in [2.45, 2.75) is 335 Å². The van der Waals surface area contributed by atoms with E-state index >= 15 is 0 Å². The third kappa shape index (κ3) is 65.0. The molecule has 79 heavy (non-hydrogen) atoms. The minimum atomic E-state index is -0.806. The predicted octanol–water partition coefficient (Wildman–Crippen LogP) is 23.2. The highest BCUT2D eigenvalue weighted by Gasteiger charge is 2.19. The van der Waals surface area contributed by atoms with Gasteiger partial charge in [0.15, 0.2) is 6.10 Å². The second kappa shape index (κ2) is 66.8. The number of hydrogen-bond acceptors (Lipinski definition) is 6. The Morgan fingerprint density at radius 3 is 0.810 bits per heavy atom. The van der Waals surface area contributed by atoms with E-state index in [1.807, 2.05) is 0 Å². The van der Waals surface area contributed by atoms with Crippen molar-refractivity contribution in [2.75, 3.05) is 13.2 Å². The number of carbonyl (C=O) groups excluding carboxylic acids is 3. The number of esters is 3. The topological polar surface area (TPSA) is 78.9 Å². The van der Waals surface area contributed by atoms with Crippen LogP contribution in [0.5, 0.6) is 0 Å². The summed E-state index contributed by atoms with van der Waals surface area (Å²) in [6, 6.07) is 0. The summed E-state index contributed by atoms with van der Waals surface area (Å²) in [4.78, 5) is 38.4. The van der Waals surface area contributed by atoms with Crippen LogP contribution in [0, 0.1) is 0 Å². The molecule has 0 aliphatic heterocycles. The molecule has 0 aliphatic carbocycles. The maximum absolute atomic E-state index is 12.9. The summed E-state index contributed by atoms with van der Waals surface area (Å²) in [5.74, 6) is -0.937. The second-order valence-corrected chi connectivity index (χ2v) is 22.3. The number of ether oxygens (including phenoxy) is 3. The molecule has 0 N–H and O–H groups in total. The Bertz CT molecular complexity index is 1540. The molecule has 0 rings (SSSR count). The highest BCUT2D eigenvalue weighted by molar-refractivity contribution is 5.71. The van der Waals surface area contributed by atoms with E-state index in [4.69, 9.17) is 14.2 Å². The van der Waals surface area contributed by atoms with Crippen molar-refractivity contribution in [1.29, 1.82) is 0 Å². The molecule has 0 heterocycles. The summed E-state index contributed by atoms with van der Waals surface area (Å²) >= 11 is 0. The van der Waals surface area contributed by atoms with Gasteiger partial charge < -0.3 is 14.2 Å². The molecule has 0 saturated heterocycles. The fraction of sp³-hybridized carbons (Fsp3) is 0.740. The summed E-state index contributed by atoms with van der Waals surface area (Å²) in [6.45, 7) is 6.51. The lowest BCUT2D eigenvalue weighted by molar-refractivity contribution is -0.167. The van der Waals surface area contributed by atoms with E-state index < -0.39 is 6.10 Å². The quantitative estimate of drug-likeness (QED) is 0.0261. The van der Waals surface area contributed by atoms with Gasteiger partial charge in [-0.3, -0.25) is 14.4 Å². The molecule has 1 atom stereocenters. The van der Waals surface area contributed by atoms with Crippen LogP contribution in [-0.4, -0.2) is 37.2 Å². The van der Waals surface area contributed by atoms with E-state index in [0.717, 1.165) is 96.3 Å². The molecule has 0 aromatic carbocycles. The van der Waals surface area contributed by atoms with Crippen molar-refractivity contribution in [3.8, 4) is 0 Å². The van der Waals surface area contributed by atoms with Gasteiger partial charge in [-0.15, -0.1) is 0 Å². The second-order valence-electron chi connectivity index (χ2n) is 22.3. The Morgan fingerprint density at radius 1 is 0.266 bits per heavy atom. The molecule has 0 spiro atoms. The Hall–Kier alpha value is -3.67. The summed E-state index contributed by atoms with van der Waals surface area (Å²) < 4.78 is 16.9. The van der Waals surface area contributed by atoms with Crippen LogP contribution in [0.15, 0.2) is 97.2 Å². The van der Waals surface area contributed by atoms with Gasteiger partial charge in [-0.2, -0.15) is 0 Å². The van der Waals surface area contributed by atoms with Crippen molar-refractivity contribution < 1.29 is 28.6 Å². The number of rotatable bonds is 61. The number of allylic oxidation sites excluding steroid dienone is 16. The molecule has 0 fully saturated rings. The monoisotopic (exact) mass is 1100 g/mol. The lowest BCUT2D eigenvalue weighted by Crippen LogP contribution is -2.30. The molecule has 0 aromatic heterocycles. The summed E-state index contributed by atoms with van der Waals surface area (Å²) in [5.41, 5.74) is 0. The van der Waals surface area contributed by atoms with E-state index in [1.54, 1.807) is 0 Å². The first kappa shape index (κ1) is 75.3. The average Bonchev–Trinajstić information content (AvgIpc) is 3.45. The molecule has 0 saturated carbocycles. The largest absolute Gasteiger partial charge is 0.462 e. The molecule has 0 bridgehead atoms. The Morgan fingerprint density at radius 2 is 0.494 bits per heavy atom. The van der Waals surface area contributed by atoms with Crippen molar-refractivity contribution in [2.24, 2.45) is 0 Å². The van der Waals surface area contributed by atoms with Gasteiger partial charge in [0.25, 0.3) is 0 Å². The lowest BCUT2D eigenvalue weighted by Gasteiger charge is -2.18. The zero-order chi connectivity index (χ0) is 57.1. The summed E-state index contributed by atoms with van der Waals surface area (Å²) in [7, 11) is 0. The van der Waals surface area contributed by atoms with Crippen LogP contribution < -0.4 is 0 Å². The van der Waals surface area contributed by atoms with E-state index in [2.05, 4.69) is 118 Å². The van der Waals surface area contributed by atoms with Gasteiger partial charge in [0.2, 0.25) is 0 Å². The highest BCUT2D eigenvalue weighted by atomic mass is 16.6. The van der Waals surface area contributed by atoms with Gasteiger partial charge in [0.1, 0.15) is 13.2 Å². The first-order chi connectivity index (χ1) is 39.0. The third-order valence-corrected chi connectivity index (χ3v) is 14.5. The first-order valence-electron chi connectivity index (χ1n) is 33.7. The zero-order valence-electron chi connectivity index (χ0n) is 52.1. The highest BCUT2D eigenvalue weighted by Crippen LogP contribution is 2.16. The van der Waals surface area contributed by atoms with Crippen molar-refractivity contribution in [3.05, 3.63) is 97.2 Å². The molecule has 0 aliphatic rings. The minimum absolute atomic E-state index is 0.0966. The predicted molar refractivity (Wildman–Crippen MR) is 344 cm³/mol. The Labute approximate surface area is 489 Å². The fourth-order valence-electron chi connectivity index (χ4n) is 9.50. The molecule has 6 nitrogen and oxygen atoms in total. The number of hydrogen-bond donors (Lipinski definition) is 0. The molecule has 454 valence electrons. The van der Waals surface area contributed by atoms with Crippen LogP contribution in [-0.2, 0) is 28.6 Å². The Balaban J connectivity index is 4.40. The Kier molecular flexibility index (Phi) is 63.7. The number of carbonyl (C=O) groups is 3. The summed E-state index contributed by atoms with van der Waals surface area (Å²) in [5, 5.41) is 0. The maximum atomic E-state index is 12.9. The minimum Gasteiger partial charge on any atom is -0.462 e. The lowest BCUT2D eigenvalue weighted by atomic mass is 10.0. The van der Waals surface area contributed by atoms with Crippen molar-refractivity contribution >= 4 is 17.9 Å². The van der Waals surface area contributed by atoms with E-state index in [-0.39, 0.29) is 37.5 Å². The van der Waals surface area contributed by atoms with Crippen LogP contribution in [0.2, 0.25) is 0 Å². The van der Waals surface area contributed by atoms with Crippen LogP contribution in [0.4, 0.5) is 0 Å². The first-order valence-corrected chi connectivity index (χ1v) is 33.7. The average molecular weight is 1100 g/mol. The van der Waals surface area contributed by atoms with Gasteiger partial charge in [0, 0.05) is 19.3 Å².